The maximum Gasteiger partial charge on any atom is 0.408 e. The quantitative estimate of drug-likeness (QED) is 0.502. The lowest BCUT2D eigenvalue weighted by Gasteiger charge is -2.25. The SMILES string of the molecule is CCOC(=O)[C@@H](CP(=O)(OCC)OCC)NC(=O)OC(C)(C)C. The van der Waals surface area contributed by atoms with Crippen molar-refractivity contribution in [1.82, 2.24) is 5.32 Å². The standard InChI is InChI=1S/C14H28NO7P/c1-7-19-12(16)11(15-13(17)22-14(4,5)6)10-23(18,20-8-2)21-9-3/h11H,7-10H2,1-6H3,(H,15,17)/t11-/m1/s1. The van der Waals surface area contributed by atoms with Crippen LogP contribution >= 0.6 is 7.60 Å². The van der Waals surface area contributed by atoms with Crippen molar-refractivity contribution >= 4 is 19.7 Å². The first-order chi connectivity index (χ1) is 10.6. The molecule has 0 unspecified atom stereocenters. The summed E-state index contributed by atoms with van der Waals surface area (Å²) in [6, 6.07) is -1.19. The zero-order valence-electron chi connectivity index (χ0n) is 14.7. The van der Waals surface area contributed by atoms with Gasteiger partial charge in [-0.2, -0.15) is 0 Å². The van der Waals surface area contributed by atoms with Crippen LogP contribution in [0.4, 0.5) is 4.79 Å². The van der Waals surface area contributed by atoms with Crippen LogP contribution in [0.2, 0.25) is 0 Å². The molecule has 0 saturated carbocycles. The van der Waals surface area contributed by atoms with Crippen molar-refractivity contribution < 1.29 is 32.7 Å². The number of amides is 1. The van der Waals surface area contributed by atoms with Gasteiger partial charge in [-0.15, -0.1) is 0 Å². The van der Waals surface area contributed by atoms with Gasteiger partial charge in [0.25, 0.3) is 0 Å². The zero-order valence-corrected chi connectivity index (χ0v) is 15.6. The number of carbonyl (C=O) groups is 2. The molecule has 1 atom stereocenters. The number of rotatable bonds is 9. The summed E-state index contributed by atoms with van der Waals surface area (Å²) < 4.78 is 32.8. The molecule has 1 N–H and O–H groups in total. The number of hydrogen-bond acceptors (Lipinski definition) is 7. The molecule has 0 bridgehead atoms. The van der Waals surface area contributed by atoms with Gasteiger partial charge in [0.15, 0.2) is 0 Å². The number of ether oxygens (including phenoxy) is 2. The maximum atomic E-state index is 12.6. The summed E-state index contributed by atoms with van der Waals surface area (Å²) in [6.07, 6.45) is -1.14. The van der Waals surface area contributed by atoms with Crippen LogP contribution in [-0.4, -0.2) is 49.7 Å². The second-order valence-electron chi connectivity index (χ2n) is 5.58. The van der Waals surface area contributed by atoms with Crippen molar-refractivity contribution in [2.24, 2.45) is 0 Å². The molecule has 0 radical (unpaired) electrons. The van der Waals surface area contributed by atoms with Gasteiger partial charge in [-0.25, -0.2) is 9.59 Å². The average molecular weight is 353 g/mol. The Morgan fingerprint density at radius 3 is 1.96 bits per heavy atom. The largest absolute Gasteiger partial charge is 0.464 e. The van der Waals surface area contributed by atoms with E-state index in [2.05, 4.69) is 5.32 Å². The molecule has 9 heteroatoms. The summed E-state index contributed by atoms with van der Waals surface area (Å²) in [7, 11) is -3.53. The predicted molar refractivity (Wildman–Crippen MR) is 85.5 cm³/mol. The third-order valence-electron chi connectivity index (χ3n) is 2.32. The lowest BCUT2D eigenvalue weighted by molar-refractivity contribution is -0.145. The molecule has 0 aliphatic carbocycles. The Labute approximate surface area is 137 Å². The van der Waals surface area contributed by atoms with Crippen LogP contribution in [0.25, 0.3) is 0 Å². The van der Waals surface area contributed by atoms with Crippen LogP contribution in [0, 0.1) is 0 Å². The third-order valence-corrected chi connectivity index (χ3v) is 4.44. The van der Waals surface area contributed by atoms with E-state index in [-0.39, 0.29) is 26.0 Å². The molecular formula is C14H28NO7P. The molecule has 0 aliphatic heterocycles. The van der Waals surface area contributed by atoms with Crippen LogP contribution in [0.15, 0.2) is 0 Å². The van der Waals surface area contributed by atoms with Gasteiger partial charge < -0.3 is 23.8 Å². The molecule has 8 nitrogen and oxygen atoms in total. The highest BCUT2D eigenvalue weighted by molar-refractivity contribution is 7.54. The second-order valence-corrected chi connectivity index (χ2v) is 7.68. The zero-order chi connectivity index (χ0) is 18.1. The second kappa shape index (κ2) is 9.90. The summed E-state index contributed by atoms with van der Waals surface area (Å²) in [5.74, 6) is -0.724. The molecule has 0 saturated heterocycles. The van der Waals surface area contributed by atoms with Crippen molar-refractivity contribution in [3.8, 4) is 0 Å². The van der Waals surface area contributed by atoms with Gasteiger partial charge in [0, 0.05) is 0 Å². The van der Waals surface area contributed by atoms with E-state index >= 15 is 0 Å². The minimum Gasteiger partial charge on any atom is -0.464 e. The molecule has 0 spiro atoms. The third kappa shape index (κ3) is 9.58. The molecule has 0 aromatic heterocycles. The van der Waals surface area contributed by atoms with Crippen LogP contribution in [0.1, 0.15) is 41.5 Å². The Kier molecular flexibility index (Phi) is 9.42. The minimum absolute atomic E-state index is 0.124. The Morgan fingerprint density at radius 2 is 1.57 bits per heavy atom. The number of nitrogens with one attached hydrogen (secondary N) is 1. The fourth-order valence-electron chi connectivity index (χ4n) is 1.63. The summed E-state index contributed by atoms with van der Waals surface area (Å²) in [6.45, 7) is 10.5. The van der Waals surface area contributed by atoms with E-state index in [0.29, 0.717) is 0 Å². The Morgan fingerprint density at radius 1 is 1.04 bits per heavy atom. The first-order valence-electron chi connectivity index (χ1n) is 7.61. The summed E-state index contributed by atoms with van der Waals surface area (Å²) in [5, 5.41) is 2.36. The van der Waals surface area contributed by atoms with E-state index in [9.17, 15) is 14.2 Å². The Balaban J connectivity index is 5.10. The Bertz CT molecular complexity index is 423. The molecule has 0 heterocycles. The van der Waals surface area contributed by atoms with Crippen molar-refractivity contribution in [1.29, 1.82) is 0 Å². The topological polar surface area (TPSA) is 100 Å². The Hall–Kier alpha value is -1.11. The molecule has 1 amide bonds. The number of hydrogen-bond donors (Lipinski definition) is 1. The highest BCUT2D eigenvalue weighted by atomic mass is 31.2. The van der Waals surface area contributed by atoms with Crippen LogP contribution in [0.3, 0.4) is 0 Å². The molecule has 0 aliphatic rings. The fraction of sp³-hybridized carbons (Fsp3) is 0.857. The van der Waals surface area contributed by atoms with Crippen molar-refractivity contribution in [3.05, 3.63) is 0 Å². The molecule has 136 valence electrons. The summed E-state index contributed by atoms with van der Waals surface area (Å²) >= 11 is 0. The number of esters is 1. The molecule has 0 aromatic carbocycles. The smallest absolute Gasteiger partial charge is 0.408 e. The molecule has 0 fully saturated rings. The average Bonchev–Trinajstić information content (AvgIpc) is 2.36. The number of alkyl carbamates (subject to hydrolysis) is 1. The lowest BCUT2D eigenvalue weighted by Crippen LogP contribution is -2.46. The molecule has 0 aromatic rings. The summed E-state index contributed by atoms with van der Waals surface area (Å²) in [4.78, 5) is 23.9. The van der Waals surface area contributed by atoms with Crippen LogP contribution in [-0.2, 0) is 27.9 Å². The predicted octanol–water partition coefficient (Wildman–Crippen LogP) is 2.71. The van der Waals surface area contributed by atoms with Gasteiger partial charge in [-0.3, -0.25) is 4.57 Å². The maximum absolute atomic E-state index is 12.6. The van der Waals surface area contributed by atoms with Crippen LogP contribution in [0.5, 0.6) is 0 Å². The van der Waals surface area contributed by atoms with Gasteiger partial charge in [-0.1, -0.05) is 0 Å². The fourth-order valence-corrected chi connectivity index (χ4v) is 3.39. The lowest BCUT2D eigenvalue weighted by atomic mass is 10.2. The van der Waals surface area contributed by atoms with E-state index in [0.717, 1.165) is 0 Å². The molecule has 23 heavy (non-hydrogen) atoms. The van der Waals surface area contributed by atoms with E-state index in [1.165, 1.54) is 0 Å². The van der Waals surface area contributed by atoms with E-state index in [1.807, 2.05) is 0 Å². The monoisotopic (exact) mass is 353 g/mol. The van der Waals surface area contributed by atoms with Crippen molar-refractivity contribution in [3.63, 3.8) is 0 Å². The van der Waals surface area contributed by atoms with Gasteiger partial charge in [0.05, 0.1) is 26.0 Å². The van der Waals surface area contributed by atoms with Crippen molar-refractivity contribution in [2.75, 3.05) is 26.0 Å². The normalized spacial score (nSPS) is 13.3. The summed E-state index contributed by atoms with van der Waals surface area (Å²) in [5.41, 5.74) is -0.729. The highest BCUT2D eigenvalue weighted by Gasteiger charge is 2.35. The van der Waals surface area contributed by atoms with Gasteiger partial charge >= 0.3 is 19.7 Å². The number of carbonyl (C=O) groups excluding carboxylic acids is 2. The first-order valence-corrected chi connectivity index (χ1v) is 9.34. The van der Waals surface area contributed by atoms with Gasteiger partial charge in [0.2, 0.25) is 0 Å². The van der Waals surface area contributed by atoms with Crippen molar-refractivity contribution in [2.45, 2.75) is 53.2 Å². The van der Waals surface area contributed by atoms with Crippen LogP contribution < -0.4 is 5.32 Å². The van der Waals surface area contributed by atoms with Gasteiger partial charge in [-0.05, 0) is 41.5 Å². The minimum atomic E-state index is -3.53. The van der Waals surface area contributed by atoms with E-state index in [1.54, 1.807) is 41.5 Å². The highest BCUT2D eigenvalue weighted by Crippen LogP contribution is 2.48. The van der Waals surface area contributed by atoms with E-state index in [4.69, 9.17) is 18.5 Å². The first kappa shape index (κ1) is 21.9. The van der Waals surface area contributed by atoms with Gasteiger partial charge in [0.1, 0.15) is 11.6 Å². The molecular weight excluding hydrogens is 325 g/mol. The van der Waals surface area contributed by atoms with E-state index < -0.39 is 31.3 Å². The molecule has 0 rings (SSSR count).